The Labute approximate surface area is 113 Å². The number of hydrogen-bond donors (Lipinski definition) is 1. The second-order valence-electron chi connectivity index (χ2n) is 4.04. The van der Waals surface area contributed by atoms with Crippen LogP contribution in [0.25, 0.3) is 0 Å². The van der Waals surface area contributed by atoms with Crippen LogP contribution in [-0.2, 0) is 0 Å². The normalized spacial score (nSPS) is 11.9. The van der Waals surface area contributed by atoms with Crippen molar-refractivity contribution in [3.8, 4) is 5.75 Å². The van der Waals surface area contributed by atoms with Gasteiger partial charge in [-0.1, -0.05) is 13.3 Å². The molecule has 0 radical (unpaired) electrons. The molecular weight excluding hydrogens is 252 g/mol. The Balaban J connectivity index is 2.59. The zero-order valence-corrected chi connectivity index (χ0v) is 11.5. The predicted octanol–water partition coefficient (Wildman–Crippen LogP) is 2.48. The smallest absolute Gasteiger partial charge is 0.255 e. The summed E-state index contributed by atoms with van der Waals surface area (Å²) in [7, 11) is 1.52. The van der Waals surface area contributed by atoms with Crippen molar-refractivity contribution in [3.05, 3.63) is 24.0 Å². The van der Waals surface area contributed by atoms with Gasteiger partial charge in [0.2, 0.25) is 0 Å². The van der Waals surface area contributed by atoms with Gasteiger partial charge in [0.05, 0.1) is 18.9 Å². The number of alkyl halides is 1. The zero-order valence-electron chi connectivity index (χ0n) is 10.8. The van der Waals surface area contributed by atoms with Crippen molar-refractivity contribution in [3.63, 3.8) is 0 Å². The Bertz CT molecular complexity index is 385. The van der Waals surface area contributed by atoms with Gasteiger partial charge < -0.3 is 10.1 Å². The Kier molecular flexibility index (Phi) is 6.50. The lowest BCUT2D eigenvalue weighted by molar-refractivity contribution is 0.0943. The Morgan fingerprint density at radius 1 is 1.61 bits per heavy atom. The molecule has 5 heteroatoms. The van der Waals surface area contributed by atoms with Crippen LogP contribution in [0, 0.1) is 5.92 Å². The number of hydrogen-bond acceptors (Lipinski definition) is 3. The van der Waals surface area contributed by atoms with E-state index in [0.29, 0.717) is 29.7 Å². The fraction of sp³-hybridized carbons (Fsp3) is 0.538. The maximum Gasteiger partial charge on any atom is 0.255 e. The van der Waals surface area contributed by atoms with E-state index in [1.807, 2.05) is 0 Å². The third-order valence-corrected chi connectivity index (χ3v) is 3.11. The minimum atomic E-state index is -0.137. The van der Waals surface area contributed by atoms with Crippen molar-refractivity contribution in [1.82, 2.24) is 10.3 Å². The lowest BCUT2D eigenvalue weighted by atomic mass is 10.0. The summed E-state index contributed by atoms with van der Waals surface area (Å²) in [6.45, 7) is 2.73. The topological polar surface area (TPSA) is 51.2 Å². The van der Waals surface area contributed by atoms with Gasteiger partial charge in [0.15, 0.2) is 0 Å². The second kappa shape index (κ2) is 7.93. The molecule has 1 rings (SSSR count). The molecule has 0 bridgehead atoms. The molecule has 0 fully saturated rings. The Hall–Kier alpha value is -1.29. The van der Waals surface area contributed by atoms with Crippen molar-refractivity contribution in [2.45, 2.75) is 19.8 Å². The predicted molar refractivity (Wildman–Crippen MR) is 72.2 cm³/mol. The summed E-state index contributed by atoms with van der Waals surface area (Å²) in [6.07, 6.45) is 5.02. The molecule has 1 unspecified atom stereocenters. The van der Waals surface area contributed by atoms with Crippen LogP contribution in [0.15, 0.2) is 18.5 Å². The molecule has 1 atom stereocenters. The fourth-order valence-corrected chi connectivity index (χ4v) is 1.98. The fourth-order valence-electron chi connectivity index (χ4n) is 1.67. The van der Waals surface area contributed by atoms with Crippen LogP contribution in [-0.4, -0.2) is 30.4 Å². The molecular formula is C13H19ClN2O2. The van der Waals surface area contributed by atoms with Gasteiger partial charge in [-0.25, -0.2) is 0 Å². The number of nitrogens with zero attached hydrogens (tertiary/aromatic N) is 1. The molecule has 0 aromatic carbocycles. The summed E-state index contributed by atoms with van der Waals surface area (Å²) in [4.78, 5) is 15.9. The monoisotopic (exact) mass is 270 g/mol. The number of ether oxygens (including phenoxy) is 1. The zero-order chi connectivity index (χ0) is 13.4. The molecule has 1 aromatic rings. The van der Waals surface area contributed by atoms with Gasteiger partial charge in [0, 0.05) is 18.6 Å². The average Bonchev–Trinajstić information content (AvgIpc) is 2.42. The van der Waals surface area contributed by atoms with Crippen LogP contribution in [0.4, 0.5) is 0 Å². The van der Waals surface area contributed by atoms with E-state index in [4.69, 9.17) is 16.3 Å². The quantitative estimate of drug-likeness (QED) is 0.775. The molecule has 0 aliphatic carbocycles. The maximum absolute atomic E-state index is 12.0. The van der Waals surface area contributed by atoms with E-state index in [9.17, 15) is 4.79 Å². The van der Waals surface area contributed by atoms with Gasteiger partial charge in [-0.15, -0.1) is 11.6 Å². The number of aromatic nitrogens is 1. The standard InChI is InChI=1S/C13H19ClN2O2/c1-3-10(4-6-14)8-16-13(17)11-5-7-15-9-12(11)18-2/h5,7,9-10H,3-4,6,8H2,1-2H3,(H,16,17). The first-order chi connectivity index (χ1) is 8.72. The number of pyridine rings is 1. The van der Waals surface area contributed by atoms with E-state index in [1.54, 1.807) is 12.3 Å². The van der Waals surface area contributed by atoms with E-state index in [2.05, 4.69) is 17.2 Å². The molecule has 4 nitrogen and oxygen atoms in total. The van der Waals surface area contributed by atoms with Crippen molar-refractivity contribution < 1.29 is 9.53 Å². The third kappa shape index (κ3) is 4.18. The van der Waals surface area contributed by atoms with E-state index in [-0.39, 0.29) is 5.91 Å². The molecule has 0 aliphatic heterocycles. The highest BCUT2D eigenvalue weighted by Crippen LogP contribution is 2.15. The van der Waals surface area contributed by atoms with Gasteiger partial charge in [-0.3, -0.25) is 9.78 Å². The van der Waals surface area contributed by atoms with Gasteiger partial charge in [-0.05, 0) is 18.4 Å². The van der Waals surface area contributed by atoms with Crippen molar-refractivity contribution in [1.29, 1.82) is 0 Å². The number of carbonyl (C=O) groups is 1. The summed E-state index contributed by atoms with van der Waals surface area (Å²) < 4.78 is 5.10. The van der Waals surface area contributed by atoms with Crippen molar-refractivity contribution in [2.24, 2.45) is 5.92 Å². The second-order valence-corrected chi connectivity index (χ2v) is 4.42. The average molecular weight is 271 g/mol. The van der Waals surface area contributed by atoms with Gasteiger partial charge in [-0.2, -0.15) is 0 Å². The number of carbonyl (C=O) groups excluding carboxylic acids is 1. The van der Waals surface area contributed by atoms with E-state index < -0.39 is 0 Å². The van der Waals surface area contributed by atoms with Gasteiger partial charge in [0.25, 0.3) is 5.91 Å². The van der Waals surface area contributed by atoms with Crippen molar-refractivity contribution in [2.75, 3.05) is 19.5 Å². The van der Waals surface area contributed by atoms with Crippen LogP contribution in [0.5, 0.6) is 5.75 Å². The number of rotatable bonds is 7. The summed E-state index contributed by atoms with van der Waals surface area (Å²) >= 11 is 5.71. The molecule has 0 spiro atoms. The number of halogens is 1. The minimum Gasteiger partial charge on any atom is -0.494 e. The largest absolute Gasteiger partial charge is 0.494 e. The summed E-state index contributed by atoms with van der Waals surface area (Å²) in [6, 6.07) is 1.65. The molecule has 100 valence electrons. The van der Waals surface area contributed by atoms with Crippen LogP contribution >= 0.6 is 11.6 Å². The van der Waals surface area contributed by atoms with E-state index >= 15 is 0 Å². The van der Waals surface area contributed by atoms with Gasteiger partial charge >= 0.3 is 0 Å². The van der Waals surface area contributed by atoms with Crippen LogP contribution < -0.4 is 10.1 Å². The first-order valence-electron chi connectivity index (χ1n) is 6.05. The van der Waals surface area contributed by atoms with Crippen LogP contribution in [0.1, 0.15) is 30.1 Å². The van der Waals surface area contributed by atoms with Crippen LogP contribution in [0.3, 0.4) is 0 Å². The number of amides is 1. The van der Waals surface area contributed by atoms with Gasteiger partial charge in [0.1, 0.15) is 5.75 Å². The Morgan fingerprint density at radius 2 is 2.39 bits per heavy atom. The first kappa shape index (κ1) is 14.8. The molecule has 1 amide bonds. The van der Waals surface area contributed by atoms with E-state index in [0.717, 1.165) is 12.8 Å². The molecule has 1 heterocycles. The molecule has 0 aliphatic rings. The highest BCUT2D eigenvalue weighted by molar-refractivity contribution is 6.17. The molecule has 1 aromatic heterocycles. The molecule has 1 N–H and O–H groups in total. The summed E-state index contributed by atoms with van der Waals surface area (Å²) in [5.74, 6) is 1.38. The summed E-state index contributed by atoms with van der Waals surface area (Å²) in [5, 5.41) is 2.90. The minimum absolute atomic E-state index is 0.137. The maximum atomic E-state index is 12.0. The van der Waals surface area contributed by atoms with Crippen molar-refractivity contribution >= 4 is 17.5 Å². The highest BCUT2D eigenvalue weighted by atomic mass is 35.5. The number of nitrogens with one attached hydrogen (secondary N) is 1. The third-order valence-electron chi connectivity index (χ3n) is 2.90. The van der Waals surface area contributed by atoms with Crippen LogP contribution in [0.2, 0.25) is 0 Å². The highest BCUT2D eigenvalue weighted by Gasteiger charge is 2.13. The van der Waals surface area contributed by atoms with E-state index in [1.165, 1.54) is 13.3 Å². The lowest BCUT2D eigenvalue weighted by Gasteiger charge is -2.15. The SMILES string of the molecule is CCC(CCCl)CNC(=O)c1ccncc1OC. The summed E-state index contributed by atoms with van der Waals surface area (Å²) in [5.41, 5.74) is 0.508. The number of methoxy groups -OCH3 is 1. The first-order valence-corrected chi connectivity index (χ1v) is 6.58. The lowest BCUT2D eigenvalue weighted by Crippen LogP contribution is -2.29. The molecule has 0 saturated carbocycles. The Morgan fingerprint density at radius 3 is 3.00 bits per heavy atom. The molecule has 0 saturated heterocycles. The molecule has 18 heavy (non-hydrogen) atoms.